The molecule has 17 heavy (non-hydrogen) atoms. The molecular formula is C15H26OS. The van der Waals surface area contributed by atoms with Gasteiger partial charge in [-0.05, 0) is 35.2 Å². The minimum absolute atomic E-state index is 0.139. The van der Waals surface area contributed by atoms with Crippen molar-refractivity contribution in [3.05, 3.63) is 22.4 Å². The molecule has 98 valence electrons. The number of aliphatic hydroxyl groups is 1. The summed E-state index contributed by atoms with van der Waals surface area (Å²) in [5, 5.41) is 14.1. The maximum atomic E-state index is 9.87. The molecule has 0 amide bonds. The van der Waals surface area contributed by atoms with Crippen molar-refractivity contribution in [1.29, 1.82) is 0 Å². The summed E-state index contributed by atoms with van der Waals surface area (Å²) in [4.78, 5) is 0. The maximum absolute atomic E-state index is 9.87. The highest BCUT2D eigenvalue weighted by Crippen LogP contribution is 2.14. The van der Waals surface area contributed by atoms with Gasteiger partial charge in [0, 0.05) is 0 Å². The largest absolute Gasteiger partial charge is 0.393 e. The van der Waals surface area contributed by atoms with E-state index in [0.717, 1.165) is 12.8 Å². The molecule has 1 unspecified atom stereocenters. The predicted molar refractivity (Wildman–Crippen MR) is 76.6 cm³/mol. The van der Waals surface area contributed by atoms with E-state index < -0.39 is 0 Å². The summed E-state index contributed by atoms with van der Waals surface area (Å²) in [6.45, 7) is 2.25. The predicted octanol–water partition coefficient (Wildman–Crippen LogP) is 4.79. The molecule has 0 aromatic carbocycles. The summed E-state index contributed by atoms with van der Waals surface area (Å²) in [6.07, 6.45) is 10.9. The SMILES string of the molecule is CCCCCCCCCC(O)Cc1ccsc1. The molecule has 0 radical (unpaired) electrons. The van der Waals surface area contributed by atoms with Crippen LogP contribution in [0.5, 0.6) is 0 Å². The fourth-order valence-corrected chi connectivity index (χ4v) is 2.80. The van der Waals surface area contributed by atoms with Crippen LogP contribution in [-0.4, -0.2) is 11.2 Å². The molecule has 0 fully saturated rings. The van der Waals surface area contributed by atoms with Gasteiger partial charge in [-0.1, -0.05) is 51.9 Å². The van der Waals surface area contributed by atoms with Gasteiger partial charge in [0.1, 0.15) is 0 Å². The molecule has 0 saturated carbocycles. The Bertz CT molecular complexity index is 256. The molecule has 1 heterocycles. The Balaban J connectivity index is 1.92. The minimum atomic E-state index is -0.139. The van der Waals surface area contributed by atoms with Crippen LogP contribution in [0.2, 0.25) is 0 Å². The van der Waals surface area contributed by atoms with E-state index in [9.17, 15) is 5.11 Å². The van der Waals surface area contributed by atoms with Crippen LogP contribution in [0, 0.1) is 0 Å². The second kappa shape index (κ2) is 9.67. The normalized spacial score (nSPS) is 12.8. The first-order valence-corrected chi connectivity index (χ1v) is 7.96. The maximum Gasteiger partial charge on any atom is 0.0580 e. The molecule has 0 spiro atoms. The van der Waals surface area contributed by atoms with Crippen molar-refractivity contribution >= 4 is 11.3 Å². The lowest BCUT2D eigenvalue weighted by molar-refractivity contribution is 0.161. The zero-order valence-electron chi connectivity index (χ0n) is 11.0. The molecule has 1 aromatic heterocycles. The lowest BCUT2D eigenvalue weighted by Gasteiger charge is -2.09. The van der Waals surface area contributed by atoms with Crippen LogP contribution in [0.25, 0.3) is 0 Å². The van der Waals surface area contributed by atoms with Crippen LogP contribution in [0.3, 0.4) is 0 Å². The third kappa shape index (κ3) is 7.56. The highest BCUT2D eigenvalue weighted by molar-refractivity contribution is 7.07. The number of hydrogen-bond acceptors (Lipinski definition) is 2. The van der Waals surface area contributed by atoms with Crippen LogP contribution in [0.1, 0.15) is 63.9 Å². The van der Waals surface area contributed by atoms with E-state index in [1.807, 2.05) is 0 Å². The summed E-state index contributed by atoms with van der Waals surface area (Å²) in [6, 6.07) is 2.11. The molecule has 0 aliphatic heterocycles. The molecule has 1 aromatic rings. The van der Waals surface area contributed by atoms with Crippen LogP contribution in [0.15, 0.2) is 16.8 Å². The highest BCUT2D eigenvalue weighted by Gasteiger charge is 2.05. The average Bonchev–Trinajstić information content (AvgIpc) is 2.80. The Morgan fingerprint density at radius 2 is 1.82 bits per heavy atom. The molecule has 1 atom stereocenters. The van der Waals surface area contributed by atoms with E-state index in [4.69, 9.17) is 0 Å². The standard InChI is InChI=1S/C15H26OS/c1-2-3-4-5-6-7-8-9-15(16)12-14-10-11-17-13-14/h10-11,13,15-16H,2-9,12H2,1H3. The molecule has 2 heteroatoms. The van der Waals surface area contributed by atoms with E-state index in [1.54, 1.807) is 11.3 Å². The van der Waals surface area contributed by atoms with Crippen molar-refractivity contribution < 1.29 is 5.11 Å². The van der Waals surface area contributed by atoms with Crippen LogP contribution >= 0.6 is 11.3 Å². The third-order valence-corrected chi connectivity index (χ3v) is 3.92. The van der Waals surface area contributed by atoms with E-state index in [-0.39, 0.29) is 6.10 Å². The summed E-state index contributed by atoms with van der Waals surface area (Å²) in [5.74, 6) is 0. The molecule has 1 N–H and O–H groups in total. The van der Waals surface area contributed by atoms with E-state index in [2.05, 4.69) is 23.8 Å². The highest BCUT2D eigenvalue weighted by atomic mass is 32.1. The monoisotopic (exact) mass is 254 g/mol. The first-order valence-electron chi connectivity index (χ1n) is 7.02. The zero-order chi connectivity index (χ0) is 12.3. The third-order valence-electron chi connectivity index (χ3n) is 3.19. The van der Waals surface area contributed by atoms with E-state index in [1.165, 1.54) is 50.5 Å². The topological polar surface area (TPSA) is 20.2 Å². The number of rotatable bonds is 10. The Hall–Kier alpha value is -0.340. The fraction of sp³-hybridized carbons (Fsp3) is 0.733. The summed E-state index contributed by atoms with van der Waals surface area (Å²) in [7, 11) is 0. The Morgan fingerprint density at radius 3 is 2.47 bits per heavy atom. The number of aliphatic hydroxyl groups excluding tert-OH is 1. The van der Waals surface area contributed by atoms with Crippen molar-refractivity contribution in [2.75, 3.05) is 0 Å². The Labute approximate surface area is 110 Å². The Kier molecular flexibility index (Phi) is 8.37. The first-order chi connectivity index (χ1) is 8.33. The van der Waals surface area contributed by atoms with Gasteiger partial charge in [-0.25, -0.2) is 0 Å². The van der Waals surface area contributed by atoms with Crippen molar-refractivity contribution in [3.63, 3.8) is 0 Å². The van der Waals surface area contributed by atoms with Gasteiger partial charge < -0.3 is 5.11 Å². The van der Waals surface area contributed by atoms with E-state index >= 15 is 0 Å². The lowest BCUT2D eigenvalue weighted by atomic mass is 10.0. The number of hydrogen-bond donors (Lipinski definition) is 1. The van der Waals surface area contributed by atoms with Crippen molar-refractivity contribution in [1.82, 2.24) is 0 Å². The van der Waals surface area contributed by atoms with Crippen LogP contribution in [-0.2, 0) is 6.42 Å². The molecule has 1 rings (SSSR count). The quantitative estimate of drug-likeness (QED) is 0.595. The fourth-order valence-electron chi connectivity index (χ4n) is 2.12. The smallest absolute Gasteiger partial charge is 0.0580 e. The van der Waals surface area contributed by atoms with Crippen LogP contribution < -0.4 is 0 Å². The molecule has 1 nitrogen and oxygen atoms in total. The zero-order valence-corrected chi connectivity index (χ0v) is 11.8. The molecule has 0 aliphatic carbocycles. The van der Waals surface area contributed by atoms with Gasteiger partial charge in [-0.15, -0.1) is 0 Å². The van der Waals surface area contributed by atoms with Gasteiger partial charge in [0.05, 0.1) is 6.10 Å². The van der Waals surface area contributed by atoms with Gasteiger partial charge in [-0.3, -0.25) is 0 Å². The molecular weight excluding hydrogens is 228 g/mol. The van der Waals surface area contributed by atoms with Gasteiger partial charge in [-0.2, -0.15) is 11.3 Å². The average molecular weight is 254 g/mol. The van der Waals surface area contributed by atoms with Crippen molar-refractivity contribution in [2.24, 2.45) is 0 Å². The summed E-state index contributed by atoms with van der Waals surface area (Å²) < 4.78 is 0. The number of unbranched alkanes of at least 4 members (excludes halogenated alkanes) is 6. The van der Waals surface area contributed by atoms with Crippen molar-refractivity contribution in [3.8, 4) is 0 Å². The molecule has 0 saturated heterocycles. The van der Waals surface area contributed by atoms with Gasteiger partial charge in [0.15, 0.2) is 0 Å². The van der Waals surface area contributed by atoms with Gasteiger partial charge in [0.2, 0.25) is 0 Å². The van der Waals surface area contributed by atoms with Gasteiger partial charge >= 0.3 is 0 Å². The second-order valence-corrected chi connectivity index (χ2v) is 5.68. The second-order valence-electron chi connectivity index (χ2n) is 4.90. The van der Waals surface area contributed by atoms with Crippen molar-refractivity contribution in [2.45, 2.75) is 70.8 Å². The minimum Gasteiger partial charge on any atom is -0.393 e. The first kappa shape index (κ1) is 14.7. The molecule has 0 bridgehead atoms. The van der Waals surface area contributed by atoms with Gasteiger partial charge in [0.25, 0.3) is 0 Å². The molecule has 0 aliphatic rings. The summed E-state index contributed by atoms with van der Waals surface area (Å²) >= 11 is 1.71. The van der Waals surface area contributed by atoms with E-state index in [0.29, 0.717) is 0 Å². The number of thiophene rings is 1. The van der Waals surface area contributed by atoms with Crippen LogP contribution in [0.4, 0.5) is 0 Å². The Morgan fingerprint density at radius 1 is 1.12 bits per heavy atom. The lowest BCUT2D eigenvalue weighted by Crippen LogP contribution is -2.09. The summed E-state index contributed by atoms with van der Waals surface area (Å²) in [5.41, 5.74) is 1.28.